The van der Waals surface area contributed by atoms with Crippen LogP contribution in [0, 0.1) is 12.3 Å². The summed E-state index contributed by atoms with van der Waals surface area (Å²) in [7, 11) is 0. The van der Waals surface area contributed by atoms with E-state index >= 15 is 0 Å². The topological polar surface area (TPSA) is 15.3 Å². The molecule has 1 rings (SSSR count). The minimum Gasteiger partial charge on any atom is -0.312 e. The van der Waals surface area contributed by atoms with Gasteiger partial charge in [-0.05, 0) is 51.7 Å². The molecule has 2 nitrogen and oxygen atoms in total. The molecule has 0 aromatic heterocycles. The Kier molecular flexibility index (Phi) is 6.75. The molecule has 0 bridgehead atoms. The van der Waals surface area contributed by atoms with E-state index in [-0.39, 0.29) is 0 Å². The molecular weight excluding hydrogens is 220 g/mol. The van der Waals surface area contributed by atoms with Crippen LogP contribution in [0.25, 0.3) is 0 Å². The summed E-state index contributed by atoms with van der Waals surface area (Å²) in [5.74, 6) is 2.81. The van der Waals surface area contributed by atoms with Gasteiger partial charge in [0.25, 0.3) is 0 Å². The van der Waals surface area contributed by atoms with E-state index in [1.54, 1.807) is 0 Å². The lowest BCUT2D eigenvalue weighted by Crippen LogP contribution is -2.60. The van der Waals surface area contributed by atoms with E-state index in [4.69, 9.17) is 6.42 Å². The van der Waals surface area contributed by atoms with E-state index in [1.165, 1.54) is 38.8 Å². The van der Waals surface area contributed by atoms with Crippen molar-refractivity contribution in [3.05, 3.63) is 0 Å². The average Bonchev–Trinajstić information content (AvgIpc) is 2.92. The summed E-state index contributed by atoms with van der Waals surface area (Å²) in [4.78, 5) is 2.72. The molecular formula is C16H30N2. The van der Waals surface area contributed by atoms with Crippen LogP contribution in [0.1, 0.15) is 59.3 Å². The molecule has 1 aliphatic rings. The maximum Gasteiger partial charge on any atom is 0.0357 e. The zero-order valence-corrected chi connectivity index (χ0v) is 12.5. The molecule has 1 fully saturated rings. The van der Waals surface area contributed by atoms with Gasteiger partial charge in [0.2, 0.25) is 0 Å². The Labute approximate surface area is 114 Å². The first-order valence-corrected chi connectivity index (χ1v) is 7.67. The zero-order valence-electron chi connectivity index (χ0n) is 12.5. The monoisotopic (exact) mass is 250 g/mol. The van der Waals surface area contributed by atoms with E-state index in [2.05, 4.69) is 36.9 Å². The van der Waals surface area contributed by atoms with Crippen LogP contribution in [-0.2, 0) is 0 Å². The summed E-state index contributed by atoms with van der Waals surface area (Å²) in [5.41, 5.74) is 0.309. The maximum absolute atomic E-state index is 5.46. The highest BCUT2D eigenvalue weighted by molar-refractivity contribution is 5.01. The van der Waals surface area contributed by atoms with Gasteiger partial charge in [-0.2, -0.15) is 0 Å². The summed E-state index contributed by atoms with van der Waals surface area (Å²) in [5, 5.41) is 3.70. The number of likely N-dealkylation sites (tertiary alicyclic amines) is 1. The smallest absolute Gasteiger partial charge is 0.0357 e. The highest BCUT2D eigenvalue weighted by Crippen LogP contribution is 2.33. The van der Waals surface area contributed by atoms with Crippen LogP contribution >= 0.6 is 0 Å². The standard InChI is InChI=1S/C16H30N2/c1-5-9-12-15(17-8-4)16(6-2,7-3)18-13-10-11-14-18/h1,15,17H,6-14H2,2-4H3. The van der Waals surface area contributed by atoms with Crippen LogP contribution in [-0.4, -0.2) is 36.1 Å². The van der Waals surface area contributed by atoms with Gasteiger partial charge in [0.15, 0.2) is 0 Å². The molecule has 1 saturated heterocycles. The van der Waals surface area contributed by atoms with E-state index in [0.717, 1.165) is 19.4 Å². The SMILES string of the molecule is C#CCCC(NCC)C(CC)(CC)N1CCCC1. The molecule has 1 unspecified atom stereocenters. The summed E-state index contributed by atoms with van der Waals surface area (Å²) >= 11 is 0. The van der Waals surface area contributed by atoms with Crippen molar-refractivity contribution >= 4 is 0 Å². The maximum atomic E-state index is 5.46. The Balaban J connectivity index is 2.85. The van der Waals surface area contributed by atoms with Gasteiger partial charge in [-0.3, -0.25) is 4.90 Å². The van der Waals surface area contributed by atoms with Gasteiger partial charge in [0, 0.05) is 18.0 Å². The van der Waals surface area contributed by atoms with Crippen molar-refractivity contribution in [1.82, 2.24) is 10.2 Å². The first kappa shape index (κ1) is 15.5. The summed E-state index contributed by atoms with van der Waals surface area (Å²) in [6.07, 6.45) is 12.6. The lowest BCUT2D eigenvalue weighted by molar-refractivity contribution is 0.0598. The van der Waals surface area contributed by atoms with Gasteiger partial charge in [0.1, 0.15) is 0 Å². The molecule has 0 aliphatic carbocycles. The number of nitrogens with one attached hydrogen (secondary N) is 1. The van der Waals surface area contributed by atoms with Crippen LogP contribution in [0.2, 0.25) is 0 Å². The van der Waals surface area contributed by atoms with Crippen LogP contribution in [0.4, 0.5) is 0 Å². The lowest BCUT2D eigenvalue weighted by atomic mass is 9.80. The molecule has 1 N–H and O–H groups in total. The minimum absolute atomic E-state index is 0.309. The van der Waals surface area contributed by atoms with Crippen molar-refractivity contribution in [2.24, 2.45) is 0 Å². The quantitative estimate of drug-likeness (QED) is 0.666. The number of terminal acetylenes is 1. The Hall–Kier alpha value is -0.520. The third kappa shape index (κ3) is 3.28. The molecule has 0 radical (unpaired) electrons. The minimum atomic E-state index is 0.309. The molecule has 1 aliphatic heterocycles. The Morgan fingerprint density at radius 1 is 1.22 bits per heavy atom. The van der Waals surface area contributed by atoms with Crippen LogP contribution in [0.3, 0.4) is 0 Å². The number of hydrogen-bond acceptors (Lipinski definition) is 2. The molecule has 1 heterocycles. The van der Waals surface area contributed by atoms with Crippen molar-refractivity contribution in [3.63, 3.8) is 0 Å². The van der Waals surface area contributed by atoms with Gasteiger partial charge in [-0.25, -0.2) is 0 Å². The van der Waals surface area contributed by atoms with Crippen molar-refractivity contribution in [2.45, 2.75) is 70.9 Å². The van der Waals surface area contributed by atoms with Gasteiger partial charge < -0.3 is 5.32 Å². The molecule has 18 heavy (non-hydrogen) atoms. The highest BCUT2D eigenvalue weighted by atomic mass is 15.2. The fraction of sp³-hybridized carbons (Fsp3) is 0.875. The van der Waals surface area contributed by atoms with Crippen molar-refractivity contribution in [2.75, 3.05) is 19.6 Å². The van der Waals surface area contributed by atoms with Gasteiger partial charge >= 0.3 is 0 Å². The predicted octanol–water partition coefficient (Wildman–Crippen LogP) is 3.03. The van der Waals surface area contributed by atoms with Gasteiger partial charge in [0.05, 0.1) is 0 Å². The first-order valence-electron chi connectivity index (χ1n) is 7.67. The predicted molar refractivity (Wildman–Crippen MR) is 79.7 cm³/mol. The molecule has 104 valence electrons. The summed E-state index contributed by atoms with van der Waals surface area (Å²) in [6.45, 7) is 10.4. The van der Waals surface area contributed by atoms with Crippen molar-refractivity contribution in [1.29, 1.82) is 0 Å². The largest absolute Gasteiger partial charge is 0.312 e. The van der Waals surface area contributed by atoms with Crippen molar-refractivity contribution < 1.29 is 0 Å². The fourth-order valence-corrected chi connectivity index (χ4v) is 3.61. The van der Waals surface area contributed by atoms with Crippen LogP contribution in [0.15, 0.2) is 0 Å². The number of hydrogen-bond donors (Lipinski definition) is 1. The van der Waals surface area contributed by atoms with E-state index in [0.29, 0.717) is 11.6 Å². The van der Waals surface area contributed by atoms with Crippen LogP contribution < -0.4 is 5.32 Å². The van der Waals surface area contributed by atoms with E-state index in [1.807, 2.05) is 0 Å². The zero-order chi connectivity index (χ0) is 13.4. The lowest BCUT2D eigenvalue weighted by Gasteiger charge is -2.47. The average molecular weight is 250 g/mol. The third-order valence-corrected chi connectivity index (χ3v) is 4.64. The first-order chi connectivity index (χ1) is 8.75. The number of likely N-dealkylation sites (N-methyl/N-ethyl adjacent to an activating group) is 1. The Bertz CT molecular complexity index is 257. The van der Waals surface area contributed by atoms with E-state index in [9.17, 15) is 0 Å². The molecule has 2 heteroatoms. The van der Waals surface area contributed by atoms with Crippen LogP contribution in [0.5, 0.6) is 0 Å². The second-order valence-electron chi connectivity index (χ2n) is 5.36. The highest BCUT2D eigenvalue weighted by Gasteiger charge is 2.41. The number of rotatable bonds is 8. The van der Waals surface area contributed by atoms with Crippen molar-refractivity contribution in [3.8, 4) is 12.3 Å². The molecule has 0 amide bonds. The Morgan fingerprint density at radius 2 is 1.83 bits per heavy atom. The molecule has 0 saturated carbocycles. The fourth-order valence-electron chi connectivity index (χ4n) is 3.61. The van der Waals surface area contributed by atoms with Gasteiger partial charge in [-0.1, -0.05) is 20.8 Å². The summed E-state index contributed by atoms with van der Waals surface area (Å²) in [6, 6.07) is 0.534. The molecule has 0 spiro atoms. The Morgan fingerprint density at radius 3 is 2.28 bits per heavy atom. The number of nitrogens with zero attached hydrogens (tertiary/aromatic N) is 1. The normalized spacial score (nSPS) is 18.8. The second kappa shape index (κ2) is 7.81. The molecule has 1 atom stereocenters. The molecule has 0 aromatic rings. The molecule has 0 aromatic carbocycles. The summed E-state index contributed by atoms with van der Waals surface area (Å²) < 4.78 is 0. The van der Waals surface area contributed by atoms with Gasteiger partial charge in [-0.15, -0.1) is 12.3 Å². The third-order valence-electron chi connectivity index (χ3n) is 4.64. The van der Waals surface area contributed by atoms with E-state index < -0.39 is 0 Å². The second-order valence-corrected chi connectivity index (χ2v) is 5.36.